The van der Waals surface area contributed by atoms with Gasteiger partial charge in [0.15, 0.2) is 5.78 Å². The highest BCUT2D eigenvalue weighted by atomic mass is 32.2. The van der Waals surface area contributed by atoms with Crippen LogP contribution in [0.15, 0.2) is 47.6 Å². The zero-order valence-corrected chi connectivity index (χ0v) is 11.3. The number of ketones is 1. The van der Waals surface area contributed by atoms with E-state index in [0.29, 0.717) is 6.42 Å². The van der Waals surface area contributed by atoms with Gasteiger partial charge in [-0.15, -0.1) is 0 Å². The molecule has 3 rings (SSSR count). The van der Waals surface area contributed by atoms with Crippen molar-refractivity contribution in [3.05, 3.63) is 53.7 Å². The van der Waals surface area contributed by atoms with E-state index in [1.54, 1.807) is 25.1 Å². The van der Waals surface area contributed by atoms with Gasteiger partial charge in [-0.05, 0) is 29.8 Å². The first-order valence-electron chi connectivity index (χ1n) is 6.07. The van der Waals surface area contributed by atoms with Crippen LogP contribution in [0.1, 0.15) is 27.6 Å². The van der Waals surface area contributed by atoms with Crippen LogP contribution in [-0.4, -0.2) is 17.9 Å². The molecule has 1 unspecified atom stereocenters. The predicted molar refractivity (Wildman–Crippen MR) is 74.8 cm³/mol. The molecule has 1 atom stereocenters. The van der Waals surface area contributed by atoms with Crippen LogP contribution in [0.5, 0.6) is 5.75 Å². The number of nitrogens with zero attached hydrogens (tertiary/aromatic N) is 1. The molecule has 0 N–H and O–H groups in total. The van der Waals surface area contributed by atoms with Gasteiger partial charge in [0, 0.05) is 23.4 Å². The van der Waals surface area contributed by atoms with E-state index in [2.05, 4.69) is 4.98 Å². The molecule has 0 spiro atoms. The summed E-state index contributed by atoms with van der Waals surface area (Å²) in [4.78, 5) is 16.4. The standard InChI is InChI=1S/C15H13NO2S/c1-18-11-6-4-10(5-7-11)14-9-13(17)12-3-2-8-16-15(12)19-14/h2-8,14H,9H2,1H3. The van der Waals surface area contributed by atoms with Crippen LogP contribution >= 0.6 is 11.8 Å². The topological polar surface area (TPSA) is 39.2 Å². The Kier molecular flexibility index (Phi) is 3.25. The van der Waals surface area contributed by atoms with Crippen LogP contribution in [0.3, 0.4) is 0 Å². The van der Waals surface area contributed by atoms with Crippen LogP contribution in [0, 0.1) is 0 Å². The van der Waals surface area contributed by atoms with Crippen LogP contribution in [-0.2, 0) is 0 Å². The Hall–Kier alpha value is -1.81. The molecule has 0 fully saturated rings. The molecule has 0 saturated carbocycles. The Morgan fingerprint density at radius 3 is 2.79 bits per heavy atom. The summed E-state index contributed by atoms with van der Waals surface area (Å²) in [6, 6.07) is 11.5. The number of aromatic nitrogens is 1. The Bertz CT molecular complexity index is 610. The number of pyridine rings is 1. The van der Waals surface area contributed by atoms with E-state index in [0.717, 1.165) is 21.9 Å². The maximum atomic E-state index is 12.1. The van der Waals surface area contributed by atoms with E-state index in [4.69, 9.17) is 4.74 Å². The fraction of sp³-hybridized carbons (Fsp3) is 0.200. The van der Waals surface area contributed by atoms with Gasteiger partial charge in [-0.1, -0.05) is 23.9 Å². The van der Waals surface area contributed by atoms with Crippen molar-refractivity contribution in [1.82, 2.24) is 4.98 Å². The number of rotatable bonds is 2. The lowest BCUT2D eigenvalue weighted by Crippen LogP contribution is -2.13. The Morgan fingerprint density at radius 2 is 2.05 bits per heavy atom. The molecule has 3 nitrogen and oxygen atoms in total. The first-order valence-corrected chi connectivity index (χ1v) is 6.94. The third-order valence-corrected chi connectivity index (χ3v) is 4.46. The van der Waals surface area contributed by atoms with E-state index in [-0.39, 0.29) is 11.0 Å². The fourth-order valence-corrected chi connectivity index (χ4v) is 3.38. The monoisotopic (exact) mass is 271 g/mol. The summed E-state index contributed by atoms with van der Waals surface area (Å²) in [7, 11) is 1.65. The van der Waals surface area contributed by atoms with Crippen LogP contribution in [0.4, 0.5) is 0 Å². The fourth-order valence-electron chi connectivity index (χ4n) is 2.16. The average molecular weight is 271 g/mol. The minimum absolute atomic E-state index is 0.140. The number of fused-ring (bicyclic) bond motifs is 1. The second-order valence-electron chi connectivity index (χ2n) is 4.36. The van der Waals surface area contributed by atoms with Gasteiger partial charge < -0.3 is 4.74 Å². The van der Waals surface area contributed by atoms with Crippen LogP contribution in [0.2, 0.25) is 0 Å². The van der Waals surface area contributed by atoms with Gasteiger partial charge in [0.1, 0.15) is 10.8 Å². The lowest BCUT2D eigenvalue weighted by molar-refractivity contribution is 0.0975. The molecule has 0 saturated heterocycles. The molecule has 0 bridgehead atoms. The summed E-state index contributed by atoms with van der Waals surface area (Å²) in [6.45, 7) is 0. The number of benzene rings is 1. The maximum Gasteiger partial charge on any atom is 0.167 e. The highest BCUT2D eigenvalue weighted by Gasteiger charge is 2.27. The third kappa shape index (κ3) is 2.36. The lowest BCUT2D eigenvalue weighted by Gasteiger charge is -2.22. The van der Waals surface area contributed by atoms with Crippen molar-refractivity contribution in [3.8, 4) is 5.75 Å². The van der Waals surface area contributed by atoms with Crippen LogP contribution < -0.4 is 4.74 Å². The molecule has 19 heavy (non-hydrogen) atoms. The van der Waals surface area contributed by atoms with Crippen molar-refractivity contribution in [1.29, 1.82) is 0 Å². The Labute approximate surface area is 116 Å². The molecule has 1 aliphatic rings. The number of thioether (sulfide) groups is 1. The molecule has 0 aliphatic carbocycles. The molecule has 2 aromatic rings. The smallest absolute Gasteiger partial charge is 0.167 e. The number of carbonyl (C=O) groups excluding carboxylic acids is 1. The molecule has 1 aromatic heterocycles. The summed E-state index contributed by atoms with van der Waals surface area (Å²) in [5.74, 6) is 0.997. The first-order chi connectivity index (χ1) is 9.28. The molecular weight excluding hydrogens is 258 g/mol. The van der Waals surface area contributed by atoms with Gasteiger partial charge in [-0.25, -0.2) is 4.98 Å². The summed E-state index contributed by atoms with van der Waals surface area (Å²) < 4.78 is 5.15. The van der Waals surface area contributed by atoms with Gasteiger partial charge >= 0.3 is 0 Å². The number of carbonyl (C=O) groups is 1. The summed E-state index contributed by atoms with van der Waals surface area (Å²) >= 11 is 1.65. The molecule has 96 valence electrons. The van der Waals surface area contributed by atoms with Crippen molar-refractivity contribution < 1.29 is 9.53 Å². The number of hydrogen-bond donors (Lipinski definition) is 0. The summed E-state index contributed by atoms with van der Waals surface area (Å²) in [5.41, 5.74) is 1.88. The Morgan fingerprint density at radius 1 is 1.26 bits per heavy atom. The molecule has 0 radical (unpaired) electrons. The second-order valence-corrected chi connectivity index (χ2v) is 5.55. The van der Waals surface area contributed by atoms with E-state index in [1.165, 1.54) is 0 Å². The normalized spacial score (nSPS) is 17.9. The van der Waals surface area contributed by atoms with Crippen molar-refractivity contribution >= 4 is 17.5 Å². The van der Waals surface area contributed by atoms with Crippen molar-refractivity contribution in [2.24, 2.45) is 0 Å². The van der Waals surface area contributed by atoms with E-state index in [9.17, 15) is 4.79 Å². The highest BCUT2D eigenvalue weighted by molar-refractivity contribution is 7.99. The van der Waals surface area contributed by atoms with Gasteiger partial charge in [-0.3, -0.25) is 4.79 Å². The molecular formula is C15H13NO2S. The highest BCUT2D eigenvalue weighted by Crippen LogP contribution is 2.43. The zero-order chi connectivity index (χ0) is 13.2. The summed E-state index contributed by atoms with van der Waals surface area (Å²) in [6.07, 6.45) is 2.26. The predicted octanol–water partition coefficient (Wildman–Crippen LogP) is 3.51. The number of hydrogen-bond acceptors (Lipinski definition) is 4. The SMILES string of the molecule is COc1ccc(C2CC(=O)c3cccnc3S2)cc1. The average Bonchev–Trinajstić information content (AvgIpc) is 2.47. The lowest BCUT2D eigenvalue weighted by atomic mass is 10.0. The van der Waals surface area contributed by atoms with Gasteiger partial charge in [-0.2, -0.15) is 0 Å². The number of ether oxygens (including phenoxy) is 1. The largest absolute Gasteiger partial charge is 0.497 e. The molecule has 1 aliphatic heterocycles. The molecule has 4 heteroatoms. The Balaban J connectivity index is 1.90. The number of Topliss-reactive ketones (excluding diaryl/α,β-unsaturated/α-hetero) is 1. The van der Waals surface area contributed by atoms with Crippen molar-refractivity contribution in [2.45, 2.75) is 16.7 Å². The van der Waals surface area contributed by atoms with E-state index < -0.39 is 0 Å². The molecule has 2 heterocycles. The zero-order valence-electron chi connectivity index (χ0n) is 10.5. The molecule has 0 amide bonds. The number of methoxy groups -OCH3 is 1. The second kappa shape index (κ2) is 5.05. The van der Waals surface area contributed by atoms with Gasteiger partial charge in [0.2, 0.25) is 0 Å². The van der Waals surface area contributed by atoms with Gasteiger partial charge in [0.25, 0.3) is 0 Å². The van der Waals surface area contributed by atoms with E-state index >= 15 is 0 Å². The minimum atomic E-state index is 0.140. The quantitative estimate of drug-likeness (QED) is 0.838. The van der Waals surface area contributed by atoms with Crippen molar-refractivity contribution in [3.63, 3.8) is 0 Å². The third-order valence-electron chi connectivity index (χ3n) is 3.18. The van der Waals surface area contributed by atoms with Crippen molar-refractivity contribution in [2.75, 3.05) is 7.11 Å². The maximum absolute atomic E-state index is 12.1. The molecule has 1 aromatic carbocycles. The minimum Gasteiger partial charge on any atom is -0.497 e. The summed E-state index contributed by atoms with van der Waals surface area (Å²) in [5, 5.41) is 0.973. The van der Waals surface area contributed by atoms with E-state index in [1.807, 2.05) is 36.4 Å². The van der Waals surface area contributed by atoms with Gasteiger partial charge in [0.05, 0.1) is 7.11 Å². The van der Waals surface area contributed by atoms with Crippen LogP contribution in [0.25, 0.3) is 0 Å². The first kappa shape index (κ1) is 12.2.